The molecule has 0 aliphatic heterocycles. The molecule has 6 nitrogen and oxygen atoms in total. The number of aromatic carboxylic acids is 1. The van der Waals surface area contributed by atoms with Gasteiger partial charge in [-0.2, -0.15) is 0 Å². The molecule has 6 heteroatoms. The van der Waals surface area contributed by atoms with Crippen LogP contribution in [0.4, 0.5) is 0 Å². The summed E-state index contributed by atoms with van der Waals surface area (Å²) in [5, 5.41) is 9.27. The molecule has 1 atom stereocenters. The molecule has 1 aliphatic rings. The van der Waals surface area contributed by atoms with Crippen LogP contribution in [0.5, 0.6) is 0 Å². The Morgan fingerprint density at radius 2 is 1.40 bits per heavy atom. The Morgan fingerprint density at radius 3 is 2.07 bits per heavy atom. The van der Waals surface area contributed by atoms with Gasteiger partial charge in [-0.05, 0) is 98.5 Å². The number of nitrogens with zero attached hydrogens (tertiary/aromatic N) is 1. The first-order valence-electron chi connectivity index (χ1n) is 15.9. The summed E-state index contributed by atoms with van der Waals surface area (Å²) in [4.78, 5) is 25.1. The van der Waals surface area contributed by atoms with Gasteiger partial charge in [-0.15, -0.1) is 0 Å². The van der Waals surface area contributed by atoms with E-state index in [2.05, 4.69) is 59.5 Å². The van der Waals surface area contributed by atoms with Gasteiger partial charge in [0.05, 0.1) is 11.1 Å². The van der Waals surface area contributed by atoms with Gasteiger partial charge in [-0.3, -0.25) is 4.90 Å². The molecular weight excluding hydrogens is 560 g/mol. The lowest BCUT2D eigenvalue weighted by Crippen LogP contribution is -2.30. The molecule has 0 saturated carbocycles. The van der Waals surface area contributed by atoms with Crippen LogP contribution >= 0.6 is 0 Å². The van der Waals surface area contributed by atoms with Crippen molar-refractivity contribution < 1.29 is 19.4 Å². The number of carbonyl (C=O) groups is 2. The predicted molar refractivity (Wildman–Crippen MR) is 181 cm³/mol. The molecule has 0 radical (unpaired) electrons. The highest BCUT2D eigenvalue weighted by Gasteiger charge is 2.17. The molecule has 0 saturated heterocycles. The number of carboxylic acids is 1. The molecule has 45 heavy (non-hydrogen) atoms. The maximum Gasteiger partial charge on any atom is 0.335 e. The van der Waals surface area contributed by atoms with Gasteiger partial charge in [0.15, 0.2) is 0 Å². The Morgan fingerprint density at radius 1 is 0.778 bits per heavy atom. The molecule has 1 aliphatic carbocycles. The molecule has 4 rings (SSSR count). The Labute approximate surface area is 267 Å². The molecule has 0 amide bonds. The number of hydrogen-bond acceptors (Lipinski definition) is 5. The number of carboxylic acid groups (broad SMARTS) is 1. The maximum atomic E-state index is 11.5. The molecule has 1 unspecified atom stereocenters. The molecule has 0 spiro atoms. The summed E-state index contributed by atoms with van der Waals surface area (Å²) in [6.07, 6.45) is 13.2. The Balaban J connectivity index is 1.41. The second-order valence-electron chi connectivity index (χ2n) is 12.2. The SMILES string of the molecule is CC(=O)CCCCN(CCC1=C(OCc2ccc(CCc3ccccc3)cc2)C=CC(C)(N)C=C1)Cc1ccc(C(=O)O)cc1. The number of allylic oxidation sites excluding steroid dienone is 2. The van der Waals surface area contributed by atoms with Crippen molar-refractivity contribution in [1.82, 2.24) is 4.90 Å². The lowest BCUT2D eigenvalue weighted by Gasteiger charge is -2.23. The summed E-state index contributed by atoms with van der Waals surface area (Å²) in [7, 11) is 0. The minimum absolute atomic E-state index is 0.208. The van der Waals surface area contributed by atoms with Crippen molar-refractivity contribution in [3.63, 3.8) is 0 Å². The van der Waals surface area contributed by atoms with E-state index in [0.717, 1.165) is 67.7 Å². The predicted octanol–water partition coefficient (Wildman–Crippen LogP) is 7.44. The van der Waals surface area contributed by atoms with Crippen molar-refractivity contribution in [3.8, 4) is 0 Å². The van der Waals surface area contributed by atoms with Crippen LogP contribution in [0.3, 0.4) is 0 Å². The monoisotopic (exact) mass is 606 g/mol. The van der Waals surface area contributed by atoms with Crippen LogP contribution in [0.2, 0.25) is 0 Å². The van der Waals surface area contributed by atoms with E-state index in [-0.39, 0.29) is 11.3 Å². The first-order valence-corrected chi connectivity index (χ1v) is 15.9. The fourth-order valence-corrected chi connectivity index (χ4v) is 5.29. The summed E-state index contributed by atoms with van der Waals surface area (Å²) >= 11 is 0. The van der Waals surface area contributed by atoms with Crippen LogP contribution in [0.15, 0.2) is 114 Å². The summed E-state index contributed by atoms with van der Waals surface area (Å²) in [5.74, 6) is 0.0944. The fraction of sp³-hybridized carbons (Fsp3) is 0.333. The second-order valence-corrected chi connectivity index (χ2v) is 12.2. The van der Waals surface area contributed by atoms with Crippen LogP contribution in [-0.2, 0) is 35.5 Å². The average molecular weight is 607 g/mol. The van der Waals surface area contributed by atoms with Crippen LogP contribution in [0.25, 0.3) is 0 Å². The Hall–Kier alpha value is -4.26. The van der Waals surface area contributed by atoms with Gasteiger partial charge >= 0.3 is 5.97 Å². The van der Waals surface area contributed by atoms with Crippen molar-refractivity contribution in [2.75, 3.05) is 13.1 Å². The normalized spacial score (nSPS) is 16.2. The van der Waals surface area contributed by atoms with E-state index < -0.39 is 11.5 Å². The topological polar surface area (TPSA) is 92.9 Å². The van der Waals surface area contributed by atoms with Crippen molar-refractivity contribution in [2.24, 2.45) is 5.73 Å². The lowest BCUT2D eigenvalue weighted by molar-refractivity contribution is -0.117. The number of hydrogen-bond donors (Lipinski definition) is 2. The third-order valence-electron chi connectivity index (χ3n) is 8.07. The van der Waals surface area contributed by atoms with Gasteiger partial charge in [0.1, 0.15) is 18.1 Å². The zero-order valence-electron chi connectivity index (χ0n) is 26.6. The summed E-state index contributed by atoms with van der Waals surface area (Å²) in [6, 6.07) is 26.2. The molecule has 0 heterocycles. The van der Waals surface area contributed by atoms with E-state index in [1.807, 2.05) is 43.4 Å². The Kier molecular flexibility index (Phi) is 12.5. The molecule has 3 N–H and O–H groups in total. The minimum atomic E-state index is -0.929. The van der Waals surface area contributed by atoms with E-state index in [1.54, 1.807) is 19.1 Å². The van der Waals surface area contributed by atoms with Gasteiger partial charge < -0.3 is 20.4 Å². The number of ketones is 1. The zero-order valence-corrected chi connectivity index (χ0v) is 26.6. The molecule has 0 fully saturated rings. The number of aryl methyl sites for hydroxylation is 2. The van der Waals surface area contributed by atoms with Crippen molar-refractivity contribution >= 4 is 11.8 Å². The summed E-state index contributed by atoms with van der Waals surface area (Å²) in [6.45, 7) is 6.36. The van der Waals surface area contributed by atoms with Crippen LogP contribution < -0.4 is 5.73 Å². The Bertz CT molecular complexity index is 1490. The first kappa shape index (κ1) is 33.6. The fourth-order valence-electron chi connectivity index (χ4n) is 5.29. The smallest absolute Gasteiger partial charge is 0.335 e. The van der Waals surface area contributed by atoms with Gasteiger partial charge in [0.2, 0.25) is 0 Å². The van der Waals surface area contributed by atoms with Crippen molar-refractivity contribution in [3.05, 3.63) is 142 Å². The van der Waals surface area contributed by atoms with Crippen LogP contribution in [-0.4, -0.2) is 40.4 Å². The van der Waals surface area contributed by atoms with Crippen LogP contribution in [0, 0.1) is 0 Å². The third-order valence-corrected chi connectivity index (χ3v) is 8.07. The lowest BCUT2D eigenvalue weighted by atomic mass is 10.0. The van der Waals surface area contributed by atoms with Crippen molar-refractivity contribution in [2.45, 2.75) is 71.1 Å². The number of unbranched alkanes of at least 4 members (excludes halogenated alkanes) is 1. The first-order chi connectivity index (χ1) is 21.7. The number of rotatable bonds is 17. The number of ether oxygens (including phenoxy) is 1. The number of nitrogens with two attached hydrogens (primary N) is 1. The molecule has 3 aromatic rings. The highest BCUT2D eigenvalue weighted by Crippen LogP contribution is 2.23. The quantitative estimate of drug-likeness (QED) is 0.155. The largest absolute Gasteiger partial charge is 0.489 e. The minimum Gasteiger partial charge on any atom is -0.489 e. The van der Waals surface area contributed by atoms with E-state index in [4.69, 9.17) is 10.5 Å². The standard InChI is InChI=1S/C39H46N2O4/c1-30(42)8-6-7-26-41(28-33-17-19-36(20-18-33)38(43)44)27-23-35-21-24-39(2,40)25-22-37(35)45-29-34-15-13-32(14-16-34)12-11-31-9-4-3-5-10-31/h3-5,9-10,13-22,24-25H,6-8,11-12,23,26-29,40H2,1-2H3,(H,43,44). The number of carbonyl (C=O) groups excluding carboxylic acids is 1. The average Bonchev–Trinajstić information content (AvgIpc) is 3.18. The second kappa shape index (κ2) is 16.7. The van der Waals surface area contributed by atoms with E-state index in [9.17, 15) is 14.7 Å². The maximum absolute atomic E-state index is 11.5. The highest BCUT2D eigenvalue weighted by molar-refractivity contribution is 5.87. The summed E-state index contributed by atoms with van der Waals surface area (Å²) < 4.78 is 6.41. The third kappa shape index (κ3) is 11.6. The van der Waals surface area contributed by atoms with Gasteiger partial charge in [0, 0.05) is 19.5 Å². The molecule has 236 valence electrons. The van der Waals surface area contributed by atoms with Crippen LogP contribution in [0.1, 0.15) is 72.1 Å². The van der Waals surface area contributed by atoms with Gasteiger partial charge in [-0.25, -0.2) is 4.79 Å². The number of benzene rings is 3. The summed E-state index contributed by atoms with van der Waals surface area (Å²) in [5.41, 5.74) is 12.1. The molecule has 0 aromatic heterocycles. The van der Waals surface area contributed by atoms with E-state index in [1.165, 1.54) is 11.1 Å². The zero-order chi connectivity index (χ0) is 32.1. The molecular formula is C39H46N2O4. The van der Waals surface area contributed by atoms with E-state index in [0.29, 0.717) is 19.6 Å². The molecule has 3 aromatic carbocycles. The highest BCUT2D eigenvalue weighted by atomic mass is 16.5. The van der Waals surface area contributed by atoms with E-state index >= 15 is 0 Å². The number of Topliss-reactive ketones (excluding diaryl/α,β-unsaturated/α-hetero) is 1. The van der Waals surface area contributed by atoms with Crippen molar-refractivity contribution in [1.29, 1.82) is 0 Å². The molecule has 0 bridgehead atoms. The van der Waals surface area contributed by atoms with Gasteiger partial charge in [0.25, 0.3) is 0 Å². The van der Waals surface area contributed by atoms with Gasteiger partial charge in [-0.1, -0.05) is 85.0 Å².